The van der Waals surface area contributed by atoms with Gasteiger partial charge >= 0.3 is 0 Å². The van der Waals surface area contributed by atoms with Gasteiger partial charge in [-0.3, -0.25) is 14.6 Å². The Morgan fingerprint density at radius 1 is 1.15 bits per heavy atom. The van der Waals surface area contributed by atoms with E-state index in [4.69, 9.17) is 0 Å². The maximum atomic E-state index is 12.4. The lowest BCUT2D eigenvalue weighted by Gasteiger charge is -2.32. The van der Waals surface area contributed by atoms with E-state index in [2.05, 4.69) is 27.8 Å². The van der Waals surface area contributed by atoms with Gasteiger partial charge in [0.1, 0.15) is 0 Å². The predicted octanol–water partition coefficient (Wildman–Crippen LogP) is 2.09. The van der Waals surface area contributed by atoms with Crippen LogP contribution in [0, 0.1) is 5.92 Å². The molecule has 1 aliphatic rings. The van der Waals surface area contributed by atoms with Crippen LogP contribution in [0.3, 0.4) is 0 Å². The van der Waals surface area contributed by atoms with Gasteiger partial charge in [0.2, 0.25) is 11.8 Å². The summed E-state index contributed by atoms with van der Waals surface area (Å²) in [6.07, 6.45) is 5.36. The van der Waals surface area contributed by atoms with Crippen molar-refractivity contribution in [2.24, 2.45) is 5.92 Å². The predicted molar refractivity (Wildman–Crippen MR) is 105 cm³/mol. The lowest BCUT2D eigenvalue weighted by Crippen LogP contribution is -2.47. The maximum absolute atomic E-state index is 12.4. The Bertz CT molecular complexity index is 736. The SMILES string of the molecule is O=C(NCCNc1cccnc1)C1CCC(=O)N(CCc2ccccc2)C1. The van der Waals surface area contributed by atoms with Crippen molar-refractivity contribution in [1.29, 1.82) is 0 Å². The van der Waals surface area contributed by atoms with E-state index in [-0.39, 0.29) is 17.7 Å². The lowest BCUT2D eigenvalue weighted by molar-refractivity contribution is -0.138. The zero-order chi connectivity index (χ0) is 18.9. The second-order valence-electron chi connectivity index (χ2n) is 6.77. The van der Waals surface area contributed by atoms with Gasteiger partial charge in [0.15, 0.2) is 0 Å². The number of hydrogen-bond acceptors (Lipinski definition) is 4. The molecule has 0 aliphatic carbocycles. The number of piperidine rings is 1. The molecule has 0 radical (unpaired) electrons. The first-order chi connectivity index (χ1) is 13.2. The molecule has 142 valence electrons. The molecule has 2 aromatic rings. The number of benzene rings is 1. The minimum Gasteiger partial charge on any atom is -0.382 e. The molecule has 0 bridgehead atoms. The van der Waals surface area contributed by atoms with E-state index < -0.39 is 0 Å². The molecular weight excluding hydrogens is 340 g/mol. The van der Waals surface area contributed by atoms with E-state index in [1.165, 1.54) is 5.56 Å². The number of carbonyl (C=O) groups is 2. The quantitative estimate of drug-likeness (QED) is 0.702. The summed E-state index contributed by atoms with van der Waals surface area (Å²) in [6, 6.07) is 13.9. The van der Waals surface area contributed by atoms with Crippen molar-refractivity contribution in [3.63, 3.8) is 0 Å². The van der Waals surface area contributed by atoms with Gasteiger partial charge in [0.05, 0.1) is 11.6 Å². The molecule has 6 heteroatoms. The van der Waals surface area contributed by atoms with Gasteiger partial charge < -0.3 is 15.5 Å². The molecule has 1 aliphatic heterocycles. The number of pyridine rings is 1. The Balaban J connectivity index is 1.41. The minimum atomic E-state index is -0.128. The molecule has 0 spiro atoms. The molecule has 2 amide bonds. The number of nitrogens with zero attached hydrogens (tertiary/aromatic N) is 2. The molecular formula is C21H26N4O2. The van der Waals surface area contributed by atoms with Crippen LogP contribution < -0.4 is 10.6 Å². The van der Waals surface area contributed by atoms with Crippen LogP contribution in [0.15, 0.2) is 54.9 Å². The van der Waals surface area contributed by atoms with Gasteiger partial charge in [-0.1, -0.05) is 30.3 Å². The number of nitrogens with one attached hydrogen (secondary N) is 2. The number of hydrogen-bond donors (Lipinski definition) is 2. The Labute approximate surface area is 160 Å². The summed E-state index contributed by atoms with van der Waals surface area (Å²) in [4.78, 5) is 30.5. The molecule has 1 fully saturated rings. The van der Waals surface area contributed by atoms with Crippen molar-refractivity contribution in [2.45, 2.75) is 19.3 Å². The highest BCUT2D eigenvalue weighted by atomic mass is 16.2. The van der Waals surface area contributed by atoms with E-state index >= 15 is 0 Å². The van der Waals surface area contributed by atoms with E-state index in [0.29, 0.717) is 39.0 Å². The van der Waals surface area contributed by atoms with Crippen LogP contribution in [-0.4, -0.2) is 47.9 Å². The van der Waals surface area contributed by atoms with Crippen LogP contribution in [0.25, 0.3) is 0 Å². The summed E-state index contributed by atoms with van der Waals surface area (Å²) in [6.45, 7) is 2.35. The summed E-state index contributed by atoms with van der Waals surface area (Å²) in [5.74, 6) is 0.0466. The molecule has 1 unspecified atom stereocenters. The monoisotopic (exact) mass is 366 g/mol. The molecule has 6 nitrogen and oxygen atoms in total. The molecule has 1 aromatic carbocycles. The number of likely N-dealkylation sites (tertiary alicyclic amines) is 1. The van der Waals surface area contributed by atoms with Crippen molar-refractivity contribution in [1.82, 2.24) is 15.2 Å². The highest BCUT2D eigenvalue weighted by Gasteiger charge is 2.29. The van der Waals surface area contributed by atoms with Crippen LogP contribution in [0.4, 0.5) is 5.69 Å². The summed E-state index contributed by atoms with van der Waals surface area (Å²) in [7, 11) is 0. The first-order valence-electron chi connectivity index (χ1n) is 9.45. The van der Waals surface area contributed by atoms with Crippen molar-refractivity contribution >= 4 is 17.5 Å². The molecule has 0 saturated carbocycles. The fourth-order valence-corrected chi connectivity index (χ4v) is 3.26. The third kappa shape index (κ3) is 5.81. The van der Waals surface area contributed by atoms with E-state index in [0.717, 1.165) is 12.1 Å². The fraction of sp³-hybridized carbons (Fsp3) is 0.381. The number of rotatable bonds is 8. The topological polar surface area (TPSA) is 74.3 Å². The fourth-order valence-electron chi connectivity index (χ4n) is 3.26. The minimum absolute atomic E-state index is 0.0280. The molecule has 2 N–H and O–H groups in total. The molecule has 3 rings (SSSR count). The van der Waals surface area contributed by atoms with Gasteiger partial charge in [0.25, 0.3) is 0 Å². The Morgan fingerprint density at radius 2 is 2.00 bits per heavy atom. The zero-order valence-electron chi connectivity index (χ0n) is 15.4. The molecule has 1 aromatic heterocycles. The van der Waals surface area contributed by atoms with Crippen LogP contribution in [-0.2, 0) is 16.0 Å². The summed E-state index contributed by atoms with van der Waals surface area (Å²) >= 11 is 0. The average Bonchev–Trinajstić information content (AvgIpc) is 2.72. The summed E-state index contributed by atoms with van der Waals surface area (Å²) in [5, 5.41) is 6.19. The highest BCUT2D eigenvalue weighted by molar-refractivity contribution is 5.83. The van der Waals surface area contributed by atoms with Gasteiger partial charge in [-0.25, -0.2) is 0 Å². The van der Waals surface area contributed by atoms with Crippen LogP contribution in [0.2, 0.25) is 0 Å². The molecule has 1 atom stereocenters. The zero-order valence-corrected chi connectivity index (χ0v) is 15.4. The first-order valence-corrected chi connectivity index (χ1v) is 9.45. The van der Waals surface area contributed by atoms with Gasteiger partial charge in [-0.05, 0) is 30.5 Å². The normalized spacial score (nSPS) is 16.8. The number of carbonyl (C=O) groups excluding carboxylic acids is 2. The highest BCUT2D eigenvalue weighted by Crippen LogP contribution is 2.18. The van der Waals surface area contributed by atoms with Crippen LogP contribution in [0.5, 0.6) is 0 Å². The second kappa shape index (κ2) is 9.71. The van der Waals surface area contributed by atoms with E-state index in [9.17, 15) is 9.59 Å². The number of anilines is 1. The van der Waals surface area contributed by atoms with Crippen molar-refractivity contribution < 1.29 is 9.59 Å². The summed E-state index contributed by atoms with van der Waals surface area (Å²) in [5.41, 5.74) is 2.14. The third-order valence-electron chi connectivity index (χ3n) is 4.80. The van der Waals surface area contributed by atoms with Crippen molar-refractivity contribution in [3.8, 4) is 0 Å². The van der Waals surface area contributed by atoms with Crippen LogP contribution in [0.1, 0.15) is 18.4 Å². The summed E-state index contributed by atoms with van der Waals surface area (Å²) < 4.78 is 0. The maximum Gasteiger partial charge on any atom is 0.224 e. The van der Waals surface area contributed by atoms with E-state index in [1.54, 1.807) is 12.4 Å². The number of amides is 2. The van der Waals surface area contributed by atoms with Crippen molar-refractivity contribution in [2.75, 3.05) is 31.5 Å². The van der Waals surface area contributed by atoms with Gasteiger partial charge in [0, 0.05) is 45.0 Å². The second-order valence-corrected chi connectivity index (χ2v) is 6.77. The molecule has 1 saturated heterocycles. The Hall–Kier alpha value is -2.89. The molecule has 2 heterocycles. The first kappa shape index (κ1) is 18.9. The smallest absolute Gasteiger partial charge is 0.224 e. The van der Waals surface area contributed by atoms with Crippen LogP contribution >= 0.6 is 0 Å². The number of aromatic nitrogens is 1. The average molecular weight is 366 g/mol. The Kier molecular flexibility index (Phi) is 6.79. The Morgan fingerprint density at radius 3 is 2.78 bits per heavy atom. The van der Waals surface area contributed by atoms with Gasteiger partial charge in [-0.2, -0.15) is 0 Å². The lowest BCUT2D eigenvalue weighted by atomic mass is 9.96. The molecule has 27 heavy (non-hydrogen) atoms. The standard InChI is InChI=1S/C21H26N4O2/c26-20-9-8-18(16-25(20)14-10-17-5-2-1-3-6-17)21(27)24-13-12-23-19-7-4-11-22-15-19/h1-7,11,15,18,23H,8-10,12-14,16H2,(H,24,27). The largest absolute Gasteiger partial charge is 0.382 e. The van der Waals surface area contributed by atoms with E-state index in [1.807, 2.05) is 35.2 Å². The van der Waals surface area contributed by atoms with Crippen molar-refractivity contribution in [3.05, 3.63) is 60.4 Å². The van der Waals surface area contributed by atoms with Gasteiger partial charge in [-0.15, -0.1) is 0 Å². The third-order valence-corrected chi connectivity index (χ3v) is 4.80.